The number of methoxy groups -OCH3 is 2. The molecule has 0 atom stereocenters. The van der Waals surface area contributed by atoms with Crippen LogP contribution in [0.5, 0.6) is 11.6 Å². The molecule has 0 saturated heterocycles. The van der Waals surface area contributed by atoms with Crippen LogP contribution in [0.4, 0.5) is 0 Å². The molecule has 2 heterocycles. The summed E-state index contributed by atoms with van der Waals surface area (Å²) in [5.74, 6) is 2.26. The van der Waals surface area contributed by atoms with Gasteiger partial charge in [-0.1, -0.05) is 27.7 Å². The summed E-state index contributed by atoms with van der Waals surface area (Å²) in [6.45, 7) is 11.9. The molecule has 0 spiro atoms. The van der Waals surface area contributed by atoms with Gasteiger partial charge in [0, 0.05) is 16.3 Å². The van der Waals surface area contributed by atoms with E-state index in [1.807, 2.05) is 46.1 Å². The standard InChI is InChI=1S/C6H8OS.C5H7NO2.2C2H6/c1-5-3-6(7-2)4-8-5;1-4-3-5(7-2)6-8-4;2*1-2/h3-4H,1-2H3;3H,1-2H3;2*1-2H3. The minimum Gasteiger partial charge on any atom is -0.496 e. The lowest BCUT2D eigenvalue weighted by atomic mass is 10.5. The quantitative estimate of drug-likeness (QED) is 0.773. The van der Waals surface area contributed by atoms with Crippen LogP contribution >= 0.6 is 11.3 Å². The van der Waals surface area contributed by atoms with Crippen molar-refractivity contribution in [3.8, 4) is 11.6 Å². The van der Waals surface area contributed by atoms with Crippen LogP contribution in [0.2, 0.25) is 0 Å². The molecule has 20 heavy (non-hydrogen) atoms. The average molecular weight is 301 g/mol. The van der Waals surface area contributed by atoms with E-state index in [2.05, 4.69) is 16.6 Å². The molecular weight excluding hydrogens is 274 g/mol. The van der Waals surface area contributed by atoms with E-state index >= 15 is 0 Å². The van der Waals surface area contributed by atoms with Crippen molar-refractivity contribution in [1.29, 1.82) is 0 Å². The van der Waals surface area contributed by atoms with E-state index in [0.29, 0.717) is 5.88 Å². The molecule has 0 saturated carbocycles. The van der Waals surface area contributed by atoms with Crippen molar-refractivity contribution in [3.63, 3.8) is 0 Å². The second-order valence-corrected chi connectivity index (χ2v) is 4.19. The lowest BCUT2D eigenvalue weighted by Crippen LogP contribution is -1.78. The first-order valence-electron chi connectivity index (χ1n) is 6.72. The van der Waals surface area contributed by atoms with Crippen LogP contribution in [0.15, 0.2) is 22.0 Å². The Morgan fingerprint density at radius 2 is 1.60 bits per heavy atom. The zero-order valence-electron chi connectivity index (χ0n) is 13.8. The molecule has 5 heteroatoms. The Bertz CT molecular complexity index is 384. The Morgan fingerprint density at radius 1 is 1.00 bits per heavy atom. The van der Waals surface area contributed by atoms with E-state index in [9.17, 15) is 0 Å². The number of hydrogen-bond donors (Lipinski definition) is 0. The molecule has 0 aliphatic rings. The zero-order valence-corrected chi connectivity index (χ0v) is 14.6. The van der Waals surface area contributed by atoms with Gasteiger partial charge in [-0.25, -0.2) is 0 Å². The predicted octanol–water partition coefficient (Wildman–Crippen LogP) is 5.11. The van der Waals surface area contributed by atoms with Gasteiger partial charge in [0.25, 0.3) is 5.88 Å². The van der Waals surface area contributed by atoms with Crippen LogP contribution < -0.4 is 9.47 Å². The Kier molecular flexibility index (Phi) is 14.5. The topological polar surface area (TPSA) is 44.5 Å². The maximum Gasteiger partial charge on any atom is 0.254 e. The number of hydrogen-bond acceptors (Lipinski definition) is 5. The minimum atomic E-state index is 0.530. The summed E-state index contributed by atoms with van der Waals surface area (Å²) in [6, 6.07) is 3.74. The Balaban J connectivity index is 0. The van der Waals surface area contributed by atoms with Crippen LogP contribution in [-0.4, -0.2) is 19.4 Å². The van der Waals surface area contributed by atoms with Crippen molar-refractivity contribution < 1.29 is 14.0 Å². The van der Waals surface area contributed by atoms with Crippen LogP contribution in [0.3, 0.4) is 0 Å². The molecule has 116 valence electrons. The van der Waals surface area contributed by atoms with E-state index in [4.69, 9.17) is 9.47 Å². The number of ether oxygens (including phenoxy) is 2. The van der Waals surface area contributed by atoms with Gasteiger partial charge < -0.3 is 14.0 Å². The van der Waals surface area contributed by atoms with Gasteiger partial charge in [-0.2, -0.15) is 0 Å². The van der Waals surface area contributed by atoms with Crippen molar-refractivity contribution in [2.45, 2.75) is 41.5 Å². The number of rotatable bonds is 2. The van der Waals surface area contributed by atoms with Gasteiger partial charge in [0.1, 0.15) is 11.5 Å². The van der Waals surface area contributed by atoms with Gasteiger partial charge in [-0.15, -0.1) is 11.3 Å². The molecule has 0 fully saturated rings. The maximum absolute atomic E-state index is 4.95. The van der Waals surface area contributed by atoms with Gasteiger partial charge in [-0.3, -0.25) is 0 Å². The van der Waals surface area contributed by atoms with Gasteiger partial charge in [0.15, 0.2) is 0 Å². The molecule has 0 aliphatic carbocycles. The largest absolute Gasteiger partial charge is 0.496 e. The molecular formula is C15H27NO3S. The Labute approximate surface area is 126 Å². The van der Waals surface area contributed by atoms with Crippen LogP contribution in [0.1, 0.15) is 38.3 Å². The fourth-order valence-corrected chi connectivity index (χ4v) is 1.62. The average Bonchev–Trinajstić information content (AvgIpc) is 3.12. The van der Waals surface area contributed by atoms with Crippen molar-refractivity contribution in [3.05, 3.63) is 28.2 Å². The second-order valence-electron chi connectivity index (χ2n) is 3.08. The summed E-state index contributed by atoms with van der Waals surface area (Å²) >= 11 is 1.70. The van der Waals surface area contributed by atoms with Crippen LogP contribution in [0.25, 0.3) is 0 Å². The summed E-state index contributed by atoms with van der Waals surface area (Å²) < 4.78 is 14.4. The molecule has 4 nitrogen and oxygen atoms in total. The highest BCUT2D eigenvalue weighted by atomic mass is 32.1. The van der Waals surface area contributed by atoms with Crippen molar-refractivity contribution in [2.75, 3.05) is 14.2 Å². The van der Waals surface area contributed by atoms with Gasteiger partial charge in [0.2, 0.25) is 0 Å². The van der Waals surface area contributed by atoms with Crippen LogP contribution in [-0.2, 0) is 0 Å². The lowest BCUT2D eigenvalue weighted by Gasteiger charge is -1.87. The first-order valence-corrected chi connectivity index (χ1v) is 7.60. The number of nitrogens with zero attached hydrogens (tertiary/aromatic N) is 1. The minimum absolute atomic E-state index is 0.530. The van der Waals surface area contributed by atoms with Gasteiger partial charge in [-0.05, 0) is 25.1 Å². The Morgan fingerprint density at radius 3 is 1.80 bits per heavy atom. The highest BCUT2D eigenvalue weighted by molar-refractivity contribution is 7.10. The SMILES string of the molecule is CC.CC.COc1cc(C)on1.COc1csc(C)c1. The molecule has 0 unspecified atom stereocenters. The van der Waals surface area contributed by atoms with Crippen LogP contribution in [0, 0.1) is 13.8 Å². The number of thiophene rings is 1. The fraction of sp³-hybridized carbons (Fsp3) is 0.533. The van der Waals surface area contributed by atoms with E-state index < -0.39 is 0 Å². The van der Waals surface area contributed by atoms with Gasteiger partial charge >= 0.3 is 0 Å². The number of aromatic nitrogens is 1. The molecule has 2 aromatic rings. The first kappa shape index (κ1) is 20.8. The van der Waals surface area contributed by atoms with E-state index in [0.717, 1.165) is 11.5 Å². The maximum atomic E-state index is 4.95. The summed E-state index contributed by atoms with van der Waals surface area (Å²) in [7, 11) is 3.23. The molecule has 0 radical (unpaired) electrons. The van der Waals surface area contributed by atoms with Crippen molar-refractivity contribution in [1.82, 2.24) is 5.16 Å². The fourth-order valence-electron chi connectivity index (χ4n) is 0.966. The monoisotopic (exact) mass is 301 g/mol. The first-order chi connectivity index (χ1) is 9.65. The van der Waals surface area contributed by atoms with E-state index in [1.54, 1.807) is 31.6 Å². The third-order valence-corrected chi connectivity index (χ3v) is 2.60. The van der Waals surface area contributed by atoms with E-state index in [1.165, 1.54) is 4.88 Å². The molecule has 0 aliphatic heterocycles. The zero-order chi connectivity index (χ0) is 16.0. The molecule has 2 rings (SSSR count). The summed E-state index contributed by atoms with van der Waals surface area (Å²) in [5.41, 5.74) is 0. The molecule has 2 aromatic heterocycles. The highest BCUT2D eigenvalue weighted by Gasteiger charge is 1.94. The molecule has 0 amide bonds. The normalized spacial score (nSPS) is 8.00. The third kappa shape index (κ3) is 9.44. The van der Waals surface area contributed by atoms with Crippen molar-refractivity contribution >= 4 is 11.3 Å². The highest BCUT2D eigenvalue weighted by Crippen LogP contribution is 2.19. The predicted molar refractivity (Wildman–Crippen MR) is 86.1 cm³/mol. The molecule has 0 bridgehead atoms. The van der Waals surface area contributed by atoms with E-state index in [-0.39, 0.29) is 0 Å². The number of aryl methyl sites for hydroxylation is 2. The van der Waals surface area contributed by atoms with Crippen molar-refractivity contribution in [2.24, 2.45) is 0 Å². The smallest absolute Gasteiger partial charge is 0.254 e. The molecule has 0 aromatic carbocycles. The summed E-state index contributed by atoms with van der Waals surface area (Å²) in [4.78, 5) is 1.29. The summed E-state index contributed by atoms with van der Waals surface area (Å²) in [6.07, 6.45) is 0. The van der Waals surface area contributed by atoms with Gasteiger partial charge in [0.05, 0.1) is 14.2 Å². The second kappa shape index (κ2) is 13.9. The Hall–Kier alpha value is -1.49. The third-order valence-electron chi connectivity index (χ3n) is 1.76. The summed E-state index contributed by atoms with van der Waals surface area (Å²) in [5, 5.41) is 5.53. The molecule has 0 N–H and O–H groups in total. The lowest BCUT2D eigenvalue weighted by molar-refractivity contribution is 0.331.